The molecule has 0 aliphatic heterocycles. The first kappa shape index (κ1) is 16.6. The quantitative estimate of drug-likeness (QED) is 0.713. The Hall–Kier alpha value is -2.77. The molecule has 6 nitrogen and oxygen atoms in total. The van der Waals surface area contributed by atoms with Crippen LogP contribution < -0.4 is 16.0 Å². The Labute approximate surface area is 132 Å². The van der Waals surface area contributed by atoms with Gasteiger partial charge < -0.3 is 16.0 Å². The summed E-state index contributed by atoms with van der Waals surface area (Å²) in [5.41, 5.74) is 0.220. The maximum Gasteiger partial charge on any atom is 0.315 e. The Kier molecular flexibility index (Phi) is 5.79. The zero-order valence-electron chi connectivity index (χ0n) is 12.5. The fraction of sp³-hybridized carbons (Fsp3) is 0.267. The molecule has 1 unspecified atom stereocenters. The van der Waals surface area contributed by atoms with Crippen LogP contribution in [0.15, 0.2) is 36.7 Å². The minimum Gasteiger partial charge on any atom is -0.352 e. The first-order chi connectivity index (χ1) is 11.1. The second-order valence-electron chi connectivity index (χ2n) is 4.79. The molecule has 2 aromatic rings. The molecule has 1 atom stereocenters. The van der Waals surface area contributed by atoms with E-state index in [1.54, 1.807) is 25.4 Å². The van der Waals surface area contributed by atoms with Crippen molar-refractivity contribution in [2.45, 2.75) is 13.0 Å². The van der Waals surface area contributed by atoms with E-state index in [4.69, 9.17) is 0 Å². The van der Waals surface area contributed by atoms with Crippen molar-refractivity contribution in [3.63, 3.8) is 0 Å². The average Bonchev–Trinajstić information content (AvgIpc) is 2.52. The van der Waals surface area contributed by atoms with Gasteiger partial charge in [-0.2, -0.15) is 0 Å². The largest absolute Gasteiger partial charge is 0.352 e. The number of urea groups is 1. The van der Waals surface area contributed by atoms with Crippen LogP contribution in [-0.4, -0.2) is 29.1 Å². The lowest BCUT2D eigenvalue weighted by Gasteiger charge is -2.16. The van der Waals surface area contributed by atoms with Gasteiger partial charge in [-0.15, -0.1) is 0 Å². The van der Waals surface area contributed by atoms with Crippen LogP contribution in [0.3, 0.4) is 0 Å². The standard InChI is InChI=1S/C15H17F2N5O/c1-10(12-4-3-11(16)9-13(12)17)22-15(23)21-8-7-20-14-18-5-2-6-19-14/h2-6,9-10H,7-8H2,1H3,(H,18,19,20)(H2,21,22,23). The maximum atomic E-state index is 13.6. The van der Waals surface area contributed by atoms with Crippen molar-refractivity contribution in [1.29, 1.82) is 0 Å². The van der Waals surface area contributed by atoms with Crippen LogP contribution in [0, 0.1) is 11.6 Å². The van der Waals surface area contributed by atoms with Crippen LogP contribution in [0.1, 0.15) is 18.5 Å². The van der Waals surface area contributed by atoms with Gasteiger partial charge in [-0.1, -0.05) is 6.07 Å². The van der Waals surface area contributed by atoms with E-state index in [2.05, 4.69) is 25.9 Å². The van der Waals surface area contributed by atoms with Gasteiger partial charge in [-0.05, 0) is 19.1 Å². The van der Waals surface area contributed by atoms with Crippen molar-refractivity contribution in [3.05, 3.63) is 53.9 Å². The van der Waals surface area contributed by atoms with E-state index in [-0.39, 0.29) is 5.56 Å². The van der Waals surface area contributed by atoms with Crippen molar-refractivity contribution in [2.75, 3.05) is 18.4 Å². The van der Waals surface area contributed by atoms with E-state index in [0.29, 0.717) is 19.0 Å². The Morgan fingerprint density at radius 1 is 1.22 bits per heavy atom. The van der Waals surface area contributed by atoms with Crippen LogP contribution >= 0.6 is 0 Å². The molecule has 0 saturated carbocycles. The summed E-state index contributed by atoms with van der Waals surface area (Å²) in [6.45, 7) is 2.39. The molecular weight excluding hydrogens is 304 g/mol. The summed E-state index contributed by atoms with van der Waals surface area (Å²) < 4.78 is 26.5. The second-order valence-corrected chi connectivity index (χ2v) is 4.79. The summed E-state index contributed by atoms with van der Waals surface area (Å²) in [4.78, 5) is 19.7. The number of carbonyl (C=O) groups is 1. The number of halogens is 2. The predicted octanol–water partition coefficient (Wildman–Crippen LogP) is 2.23. The van der Waals surface area contributed by atoms with Crippen molar-refractivity contribution >= 4 is 12.0 Å². The van der Waals surface area contributed by atoms with E-state index in [1.165, 1.54) is 6.07 Å². The maximum absolute atomic E-state index is 13.6. The summed E-state index contributed by atoms with van der Waals surface area (Å²) >= 11 is 0. The first-order valence-electron chi connectivity index (χ1n) is 7.06. The molecular formula is C15H17F2N5O. The fourth-order valence-electron chi connectivity index (χ4n) is 1.92. The van der Waals surface area contributed by atoms with Gasteiger partial charge in [0.2, 0.25) is 5.95 Å². The summed E-state index contributed by atoms with van der Waals surface area (Å²) in [5, 5.41) is 8.14. The Bertz CT molecular complexity index is 654. The van der Waals surface area contributed by atoms with Gasteiger partial charge in [0, 0.05) is 37.1 Å². The molecule has 3 N–H and O–H groups in total. The monoisotopic (exact) mass is 321 g/mol. The smallest absolute Gasteiger partial charge is 0.315 e. The van der Waals surface area contributed by atoms with E-state index in [0.717, 1.165) is 12.1 Å². The number of rotatable bonds is 6. The lowest BCUT2D eigenvalue weighted by atomic mass is 10.1. The molecule has 0 fully saturated rings. The Morgan fingerprint density at radius 3 is 2.65 bits per heavy atom. The number of aromatic nitrogens is 2. The minimum atomic E-state index is -0.694. The van der Waals surface area contributed by atoms with Crippen LogP contribution in [0.2, 0.25) is 0 Å². The highest BCUT2D eigenvalue weighted by atomic mass is 19.1. The number of nitrogens with zero attached hydrogens (tertiary/aromatic N) is 2. The van der Waals surface area contributed by atoms with Crippen molar-refractivity contribution < 1.29 is 13.6 Å². The lowest BCUT2D eigenvalue weighted by Crippen LogP contribution is -2.39. The number of carbonyl (C=O) groups excluding carboxylic acids is 1. The molecule has 1 heterocycles. The van der Waals surface area contributed by atoms with E-state index >= 15 is 0 Å². The summed E-state index contributed by atoms with van der Waals surface area (Å²) in [6.07, 6.45) is 3.21. The predicted molar refractivity (Wildman–Crippen MR) is 81.8 cm³/mol. The zero-order valence-corrected chi connectivity index (χ0v) is 12.5. The van der Waals surface area contributed by atoms with Crippen LogP contribution in [0.4, 0.5) is 19.5 Å². The molecule has 23 heavy (non-hydrogen) atoms. The van der Waals surface area contributed by atoms with Crippen molar-refractivity contribution in [2.24, 2.45) is 0 Å². The molecule has 8 heteroatoms. The summed E-state index contributed by atoms with van der Waals surface area (Å²) in [7, 11) is 0. The molecule has 2 rings (SSSR count). The summed E-state index contributed by atoms with van der Waals surface area (Å²) in [6, 6.07) is 3.92. The normalized spacial score (nSPS) is 11.6. The number of hydrogen-bond acceptors (Lipinski definition) is 4. The average molecular weight is 321 g/mol. The molecule has 1 aromatic heterocycles. The first-order valence-corrected chi connectivity index (χ1v) is 7.06. The summed E-state index contributed by atoms with van der Waals surface area (Å²) in [5.74, 6) is -0.880. The third-order valence-electron chi connectivity index (χ3n) is 3.04. The van der Waals surface area contributed by atoms with Gasteiger partial charge in [-0.3, -0.25) is 0 Å². The van der Waals surface area contributed by atoms with Gasteiger partial charge in [0.15, 0.2) is 0 Å². The molecule has 0 bridgehead atoms. The highest BCUT2D eigenvalue weighted by molar-refractivity contribution is 5.74. The van der Waals surface area contributed by atoms with Gasteiger partial charge in [0.25, 0.3) is 0 Å². The molecule has 0 aliphatic rings. The Morgan fingerprint density at radius 2 is 1.96 bits per heavy atom. The molecule has 1 aromatic carbocycles. The van der Waals surface area contributed by atoms with Gasteiger partial charge >= 0.3 is 6.03 Å². The second kappa shape index (κ2) is 8.02. The van der Waals surface area contributed by atoms with Crippen molar-refractivity contribution in [3.8, 4) is 0 Å². The van der Waals surface area contributed by atoms with Crippen LogP contribution in [0.25, 0.3) is 0 Å². The fourth-order valence-corrected chi connectivity index (χ4v) is 1.92. The number of nitrogens with one attached hydrogen (secondary N) is 3. The van der Waals surface area contributed by atoms with E-state index < -0.39 is 23.7 Å². The molecule has 0 radical (unpaired) electrons. The molecule has 0 saturated heterocycles. The van der Waals surface area contributed by atoms with Gasteiger partial charge in [-0.25, -0.2) is 23.5 Å². The Balaban J connectivity index is 1.74. The SMILES string of the molecule is CC(NC(=O)NCCNc1ncccn1)c1ccc(F)cc1F. The third-order valence-corrected chi connectivity index (χ3v) is 3.04. The topological polar surface area (TPSA) is 78.9 Å². The van der Waals surface area contributed by atoms with Gasteiger partial charge in [0.1, 0.15) is 11.6 Å². The highest BCUT2D eigenvalue weighted by Gasteiger charge is 2.13. The highest BCUT2D eigenvalue weighted by Crippen LogP contribution is 2.17. The zero-order chi connectivity index (χ0) is 16.7. The van der Waals surface area contributed by atoms with Crippen LogP contribution in [-0.2, 0) is 0 Å². The number of hydrogen-bond donors (Lipinski definition) is 3. The molecule has 122 valence electrons. The minimum absolute atomic E-state index is 0.220. The van der Waals surface area contributed by atoms with Gasteiger partial charge in [0.05, 0.1) is 6.04 Å². The lowest BCUT2D eigenvalue weighted by molar-refractivity contribution is 0.238. The number of amides is 2. The molecule has 2 amide bonds. The van der Waals surface area contributed by atoms with Crippen LogP contribution in [0.5, 0.6) is 0 Å². The number of benzene rings is 1. The molecule has 0 aliphatic carbocycles. The number of anilines is 1. The van der Waals surface area contributed by atoms with Crippen molar-refractivity contribution in [1.82, 2.24) is 20.6 Å². The van der Waals surface area contributed by atoms with E-state index in [1.807, 2.05) is 0 Å². The third kappa shape index (κ3) is 5.17. The van der Waals surface area contributed by atoms with E-state index in [9.17, 15) is 13.6 Å². The molecule has 0 spiro atoms.